The molecule has 1 amide bonds. The molecule has 1 saturated carbocycles. The maximum atomic E-state index is 10.4. The Morgan fingerprint density at radius 1 is 1.43 bits per heavy atom. The molecule has 2 rings (SSSR count). The van der Waals surface area contributed by atoms with Crippen LogP contribution in [0, 0.1) is 5.92 Å². The second-order valence-electron chi connectivity index (χ2n) is 4.34. The van der Waals surface area contributed by atoms with Gasteiger partial charge >= 0.3 is 0 Å². The third-order valence-corrected chi connectivity index (χ3v) is 2.90. The van der Waals surface area contributed by atoms with Crippen LogP contribution in [0.25, 0.3) is 0 Å². The fraction of sp³-hybridized carbons (Fsp3) is 0.900. The van der Waals surface area contributed by atoms with E-state index in [0.717, 1.165) is 12.6 Å². The summed E-state index contributed by atoms with van der Waals surface area (Å²) < 4.78 is 5.37. The zero-order valence-electron chi connectivity index (χ0n) is 8.45. The van der Waals surface area contributed by atoms with Crippen LogP contribution < -0.4 is 5.73 Å². The van der Waals surface area contributed by atoms with Gasteiger partial charge < -0.3 is 10.5 Å². The Balaban J connectivity index is 1.45. The molecule has 0 unspecified atom stereocenters. The maximum Gasteiger partial charge on any atom is 0.219 e. The highest BCUT2D eigenvalue weighted by Crippen LogP contribution is 2.32. The first-order chi connectivity index (χ1) is 6.75. The van der Waals surface area contributed by atoms with Crippen molar-refractivity contribution in [2.24, 2.45) is 11.7 Å². The second-order valence-corrected chi connectivity index (χ2v) is 4.34. The van der Waals surface area contributed by atoms with Crippen molar-refractivity contribution in [3.8, 4) is 0 Å². The number of likely N-dealkylation sites (tertiary alicyclic amines) is 1. The Hall–Kier alpha value is -0.610. The van der Waals surface area contributed by atoms with Gasteiger partial charge in [0.2, 0.25) is 5.91 Å². The Morgan fingerprint density at radius 3 is 2.71 bits per heavy atom. The summed E-state index contributed by atoms with van der Waals surface area (Å²) in [5.41, 5.74) is 5.00. The largest absolute Gasteiger partial charge is 0.381 e. The van der Waals surface area contributed by atoms with Gasteiger partial charge in [-0.3, -0.25) is 9.69 Å². The summed E-state index contributed by atoms with van der Waals surface area (Å²) in [5, 5.41) is 0. The highest BCUT2D eigenvalue weighted by Gasteiger charge is 2.37. The van der Waals surface area contributed by atoms with Crippen LogP contribution in [0.15, 0.2) is 0 Å². The summed E-state index contributed by atoms with van der Waals surface area (Å²) in [5.74, 6) is 0.404. The number of nitrogens with two attached hydrogens (primary N) is 1. The number of ether oxygens (including phenoxy) is 1. The van der Waals surface area contributed by atoms with Crippen LogP contribution >= 0.6 is 0 Å². The molecule has 0 aromatic rings. The molecule has 1 saturated heterocycles. The van der Waals surface area contributed by atoms with Crippen molar-refractivity contribution in [1.82, 2.24) is 4.90 Å². The van der Waals surface area contributed by atoms with Crippen LogP contribution in [0.2, 0.25) is 0 Å². The zero-order valence-corrected chi connectivity index (χ0v) is 8.45. The van der Waals surface area contributed by atoms with Gasteiger partial charge in [0.25, 0.3) is 0 Å². The highest BCUT2D eigenvalue weighted by molar-refractivity contribution is 5.73. The predicted molar refractivity (Wildman–Crippen MR) is 52.7 cm³/mol. The summed E-state index contributed by atoms with van der Waals surface area (Å²) in [6, 6.07) is 0.886. The fourth-order valence-electron chi connectivity index (χ4n) is 1.88. The van der Waals surface area contributed by atoms with Crippen molar-refractivity contribution in [2.75, 3.05) is 26.3 Å². The van der Waals surface area contributed by atoms with Crippen molar-refractivity contribution in [3.05, 3.63) is 0 Å². The molecular formula is C10H18N2O2. The molecule has 0 aromatic carbocycles. The fourth-order valence-corrected chi connectivity index (χ4v) is 1.88. The zero-order chi connectivity index (χ0) is 9.97. The van der Waals surface area contributed by atoms with Crippen molar-refractivity contribution in [2.45, 2.75) is 25.3 Å². The lowest BCUT2D eigenvalue weighted by molar-refractivity contribution is -0.119. The molecule has 4 heteroatoms. The number of carbonyl (C=O) groups excluding carboxylic acids is 1. The molecule has 0 atom stereocenters. The van der Waals surface area contributed by atoms with E-state index in [1.165, 1.54) is 25.9 Å². The molecule has 14 heavy (non-hydrogen) atoms. The molecule has 1 aliphatic heterocycles. The predicted octanol–water partition coefficient (Wildman–Crippen LogP) is -0.0274. The average molecular weight is 198 g/mol. The second kappa shape index (κ2) is 4.28. The van der Waals surface area contributed by atoms with Crippen LogP contribution in [-0.2, 0) is 9.53 Å². The van der Waals surface area contributed by atoms with Crippen molar-refractivity contribution in [1.29, 1.82) is 0 Å². The van der Waals surface area contributed by atoms with E-state index in [9.17, 15) is 4.79 Å². The summed E-state index contributed by atoms with van der Waals surface area (Å²) in [7, 11) is 0. The molecule has 0 bridgehead atoms. The van der Waals surface area contributed by atoms with E-state index in [-0.39, 0.29) is 5.91 Å². The van der Waals surface area contributed by atoms with Crippen LogP contribution in [0.1, 0.15) is 19.3 Å². The Morgan fingerprint density at radius 2 is 2.14 bits per heavy atom. The van der Waals surface area contributed by atoms with E-state index in [1.54, 1.807) is 0 Å². The van der Waals surface area contributed by atoms with Crippen LogP contribution in [-0.4, -0.2) is 43.2 Å². The minimum absolute atomic E-state index is 0.279. The smallest absolute Gasteiger partial charge is 0.219 e. The van der Waals surface area contributed by atoms with Crippen molar-refractivity contribution in [3.63, 3.8) is 0 Å². The molecule has 80 valence electrons. The third-order valence-electron chi connectivity index (χ3n) is 2.90. The maximum absolute atomic E-state index is 10.4. The van der Waals surface area contributed by atoms with Gasteiger partial charge in [-0.15, -0.1) is 0 Å². The highest BCUT2D eigenvalue weighted by atomic mass is 16.5. The minimum atomic E-state index is -0.279. The first kappa shape index (κ1) is 9.93. The summed E-state index contributed by atoms with van der Waals surface area (Å²) in [4.78, 5) is 12.9. The first-order valence-electron chi connectivity index (χ1n) is 5.36. The lowest BCUT2D eigenvalue weighted by Crippen LogP contribution is -2.49. The van der Waals surface area contributed by atoms with Gasteiger partial charge in [0, 0.05) is 31.5 Å². The standard InChI is InChI=1S/C10H18N2O2/c11-10(13)3-4-14-7-8-5-12(6-8)9-1-2-9/h8-9H,1-7H2,(H2,11,13). The van der Waals surface area contributed by atoms with Gasteiger partial charge in [0.05, 0.1) is 13.2 Å². The Bertz CT molecular complexity index is 210. The van der Waals surface area contributed by atoms with Gasteiger partial charge in [-0.2, -0.15) is 0 Å². The quantitative estimate of drug-likeness (QED) is 0.610. The van der Waals surface area contributed by atoms with Gasteiger partial charge in [-0.25, -0.2) is 0 Å². The van der Waals surface area contributed by atoms with Crippen LogP contribution in [0.5, 0.6) is 0 Å². The minimum Gasteiger partial charge on any atom is -0.381 e. The third kappa shape index (κ3) is 2.69. The van der Waals surface area contributed by atoms with Crippen molar-refractivity contribution < 1.29 is 9.53 Å². The van der Waals surface area contributed by atoms with E-state index in [2.05, 4.69) is 4.90 Å². The number of rotatable bonds is 6. The van der Waals surface area contributed by atoms with Gasteiger partial charge in [0.1, 0.15) is 0 Å². The van der Waals surface area contributed by atoms with E-state index in [4.69, 9.17) is 10.5 Å². The van der Waals surface area contributed by atoms with E-state index >= 15 is 0 Å². The molecule has 1 heterocycles. The van der Waals surface area contributed by atoms with Gasteiger partial charge in [-0.1, -0.05) is 0 Å². The molecule has 2 aliphatic rings. The molecule has 0 aromatic heterocycles. The van der Waals surface area contributed by atoms with Crippen LogP contribution in [0.4, 0.5) is 0 Å². The molecule has 2 fully saturated rings. The summed E-state index contributed by atoms with van der Waals surface area (Å²) in [6.07, 6.45) is 3.11. The molecule has 0 radical (unpaired) electrons. The summed E-state index contributed by atoms with van der Waals surface area (Å²) >= 11 is 0. The van der Waals surface area contributed by atoms with E-state index < -0.39 is 0 Å². The monoisotopic (exact) mass is 198 g/mol. The van der Waals surface area contributed by atoms with Gasteiger partial charge in [-0.05, 0) is 12.8 Å². The molecular weight excluding hydrogens is 180 g/mol. The SMILES string of the molecule is NC(=O)CCOCC1CN(C2CC2)C1. The number of hydrogen-bond acceptors (Lipinski definition) is 3. The molecule has 0 spiro atoms. The number of nitrogens with zero attached hydrogens (tertiary/aromatic N) is 1. The number of carbonyl (C=O) groups is 1. The number of amides is 1. The average Bonchev–Trinajstić information content (AvgIpc) is 2.83. The Labute approximate surface area is 84.4 Å². The van der Waals surface area contributed by atoms with E-state index in [0.29, 0.717) is 18.9 Å². The first-order valence-corrected chi connectivity index (χ1v) is 5.36. The normalized spacial score (nSPS) is 23.4. The number of hydrogen-bond donors (Lipinski definition) is 1. The Kier molecular flexibility index (Phi) is 3.03. The van der Waals surface area contributed by atoms with Crippen LogP contribution in [0.3, 0.4) is 0 Å². The van der Waals surface area contributed by atoms with Crippen molar-refractivity contribution >= 4 is 5.91 Å². The lowest BCUT2D eigenvalue weighted by Gasteiger charge is -2.39. The molecule has 2 N–H and O–H groups in total. The topological polar surface area (TPSA) is 55.6 Å². The molecule has 4 nitrogen and oxygen atoms in total. The lowest BCUT2D eigenvalue weighted by atomic mass is 10.0. The van der Waals surface area contributed by atoms with E-state index in [1.807, 2.05) is 0 Å². The number of primary amides is 1. The van der Waals surface area contributed by atoms with Gasteiger partial charge in [0.15, 0.2) is 0 Å². The summed E-state index contributed by atoms with van der Waals surface area (Å²) in [6.45, 7) is 3.63. The molecule has 1 aliphatic carbocycles.